The number of nitriles is 1. The lowest BCUT2D eigenvalue weighted by atomic mass is 10.1. The molecule has 31 heavy (non-hydrogen) atoms. The number of piperazine rings is 1. The molecule has 2 N–H and O–H groups in total. The van der Waals surface area contributed by atoms with Crippen LogP contribution in [0.5, 0.6) is 0 Å². The van der Waals surface area contributed by atoms with Gasteiger partial charge in [0.15, 0.2) is 0 Å². The molecule has 8 heteroatoms. The highest BCUT2D eigenvalue weighted by Crippen LogP contribution is 2.41. The molecule has 0 radical (unpaired) electrons. The molecule has 2 aliphatic rings. The van der Waals surface area contributed by atoms with Gasteiger partial charge in [0.25, 0.3) is 0 Å². The first-order valence-corrected chi connectivity index (χ1v) is 10.3. The Morgan fingerprint density at radius 1 is 1.10 bits per heavy atom. The molecule has 0 spiro atoms. The summed E-state index contributed by atoms with van der Waals surface area (Å²) in [4.78, 5) is 27.3. The van der Waals surface area contributed by atoms with Crippen LogP contribution < -0.4 is 15.5 Å². The summed E-state index contributed by atoms with van der Waals surface area (Å²) < 4.78 is 0. The van der Waals surface area contributed by atoms with E-state index >= 15 is 0 Å². The lowest BCUT2D eigenvalue weighted by Crippen LogP contribution is -2.47. The summed E-state index contributed by atoms with van der Waals surface area (Å²) in [5.41, 5.74) is 4.25. The quantitative estimate of drug-likeness (QED) is 0.665. The molecule has 5 rings (SSSR count). The Kier molecular flexibility index (Phi) is 4.92. The minimum absolute atomic E-state index is 0.0268. The van der Waals surface area contributed by atoms with Gasteiger partial charge in [0, 0.05) is 19.3 Å². The second-order valence-electron chi connectivity index (χ2n) is 7.78. The number of nitrogens with one attached hydrogen (secondary N) is 2. The molecule has 0 atom stereocenters. The van der Waals surface area contributed by atoms with E-state index < -0.39 is 0 Å². The molecule has 8 nitrogen and oxygen atoms in total. The van der Waals surface area contributed by atoms with E-state index in [0.29, 0.717) is 36.2 Å². The Bertz CT molecular complexity index is 1170. The number of nitrogens with zero attached hydrogens (tertiary/aromatic N) is 5. The molecule has 0 aromatic carbocycles. The van der Waals surface area contributed by atoms with E-state index in [1.165, 1.54) is 18.4 Å². The Balaban J connectivity index is 1.43. The predicted octanol–water partition coefficient (Wildman–Crippen LogP) is 2.97. The Hall–Kier alpha value is -3.99. The largest absolute Gasteiger partial charge is 0.359 e. The number of pyridine rings is 3. The van der Waals surface area contributed by atoms with Crippen LogP contribution in [0.25, 0.3) is 11.4 Å². The minimum Gasteiger partial charge on any atom is -0.359 e. The van der Waals surface area contributed by atoms with Gasteiger partial charge in [0.2, 0.25) is 5.91 Å². The minimum atomic E-state index is 0.0268. The second kappa shape index (κ2) is 8.03. The number of carbonyl (C=O) groups is 1. The van der Waals surface area contributed by atoms with Crippen molar-refractivity contribution in [1.82, 2.24) is 20.3 Å². The van der Waals surface area contributed by atoms with Crippen LogP contribution in [0.1, 0.15) is 29.9 Å². The van der Waals surface area contributed by atoms with Gasteiger partial charge in [-0.15, -0.1) is 0 Å². The second-order valence-corrected chi connectivity index (χ2v) is 7.78. The fourth-order valence-corrected chi connectivity index (χ4v) is 3.68. The van der Waals surface area contributed by atoms with Crippen molar-refractivity contribution in [2.45, 2.75) is 18.8 Å². The predicted molar refractivity (Wildman–Crippen MR) is 117 cm³/mol. The average Bonchev–Trinajstić information content (AvgIpc) is 3.65. The molecule has 1 amide bonds. The molecule has 154 valence electrons. The third-order valence-electron chi connectivity index (χ3n) is 5.46. The van der Waals surface area contributed by atoms with Gasteiger partial charge >= 0.3 is 0 Å². The van der Waals surface area contributed by atoms with Crippen molar-refractivity contribution in [3.05, 3.63) is 59.9 Å². The highest BCUT2D eigenvalue weighted by Gasteiger charge is 2.25. The Morgan fingerprint density at radius 3 is 2.74 bits per heavy atom. The fourth-order valence-electron chi connectivity index (χ4n) is 3.68. The zero-order valence-electron chi connectivity index (χ0n) is 16.9. The van der Waals surface area contributed by atoms with Crippen LogP contribution in [0, 0.1) is 11.3 Å². The molecule has 1 saturated carbocycles. The highest BCUT2D eigenvalue weighted by atomic mass is 16.2. The molecule has 0 unspecified atom stereocenters. The van der Waals surface area contributed by atoms with E-state index in [4.69, 9.17) is 10.2 Å². The molecule has 1 aliphatic carbocycles. The molecule has 4 heterocycles. The van der Waals surface area contributed by atoms with Gasteiger partial charge < -0.3 is 15.5 Å². The van der Waals surface area contributed by atoms with Gasteiger partial charge in [-0.05, 0) is 60.7 Å². The van der Waals surface area contributed by atoms with Crippen LogP contribution in [-0.2, 0) is 4.79 Å². The summed E-state index contributed by atoms with van der Waals surface area (Å²) in [6, 6.07) is 13.6. The first-order chi connectivity index (χ1) is 15.2. The van der Waals surface area contributed by atoms with Crippen molar-refractivity contribution in [2.75, 3.05) is 29.9 Å². The van der Waals surface area contributed by atoms with Crippen molar-refractivity contribution < 1.29 is 4.79 Å². The van der Waals surface area contributed by atoms with Crippen LogP contribution in [0.4, 0.5) is 17.3 Å². The van der Waals surface area contributed by atoms with Crippen LogP contribution in [-0.4, -0.2) is 40.5 Å². The third kappa shape index (κ3) is 4.31. The lowest BCUT2D eigenvalue weighted by Gasteiger charge is -2.28. The number of amides is 1. The first-order valence-electron chi connectivity index (χ1n) is 10.3. The zero-order chi connectivity index (χ0) is 21.2. The topological polar surface area (TPSA) is 107 Å². The van der Waals surface area contributed by atoms with Gasteiger partial charge in [0.05, 0.1) is 41.4 Å². The van der Waals surface area contributed by atoms with Crippen LogP contribution in [0.3, 0.4) is 0 Å². The molecule has 1 saturated heterocycles. The molecular weight excluding hydrogens is 390 g/mol. The van der Waals surface area contributed by atoms with E-state index in [0.717, 1.165) is 23.6 Å². The van der Waals surface area contributed by atoms with Crippen molar-refractivity contribution in [2.24, 2.45) is 0 Å². The van der Waals surface area contributed by atoms with E-state index in [9.17, 15) is 4.79 Å². The van der Waals surface area contributed by atoms with Gasteiger partial charge in [0.1, 0.15) is 11.6 Å². The number of hydrogen-bond acceptors (Lipinski definition) is 7. The normalized spacial score (nSPS) is 15.8. The Morgan fingerprint density at radius 2 is 2.00 bits per heavy atom. The fraction of sp³-hybridized carbons (Fsp3) is 0.261. The summed E-state index contributed by atoms with van der Waals surface area (Å²) >= 11 is 0. The SMILES string of the molecule is N#Cc1ccnc(Nc2cc(C3CC3)cc(-c3ccc(N4CCNC(=O)C4)cn3)n2)c1. The van der Waals surface area contributed by atoms with Gasteiger partial charge in [-0.2, -0.15) is 5.26 Å². The van der Waals surface area contributed by atoms with Crippen LogP contribution >= 0.6 is 0 Å². The summed E-state index contributed by atoms with van der Waals surface area (Å²) in [5.74, 6) is 1.84. The van der Waals surface area contributed by atoms with E-state index in [2.05, 4.69) is 32.7 Å². The Labute approximate surface area is 180 Å². The summed E-state index contributed by atoms with van der Waals surface area (Å²) in [6.45, 7) is 1.76. The summed E-state index contributed by atoms with van der Waals surface area (Å²) in [7, 11) is 0. The number of rotatable bonds is 5. The van der Waals surface area contributed by atoms with Gasteiger partial charge in [-0.3, -0.25) is 9.78 Å². The molecule has 2 fully saturated rings. The molecule has 3 aromatic rings. The third-order valence-corrected chi connectivity index (χ3v) is 5.46. The molecular formula is C23H21N7O. The number of hydrogen-bond donors (Lipinski definition) is 2. The zero-order valence-corrected chi connectivity index (χ0v) is 16.9. The lowest BCUT2D eigenvalue weighted by molar-refractivity contribution is -0.120. The van der Waals surface area contributed by atoms with Crippen molar-refractivity contribution in [3.63, 3.8) is 0 Å². The maximum absolute atomic E-state index is 11.7. The maximum atomic E-state index is 11.7. The average molecular weight is 411 g/mol. The molecule has 1 aliphatic heterocycles. The maximum Gasteiger partial charge on any atom is 0.239 e. The van der Waals surface area contributed by atoms with Gasteiger partial charge in [-0.25, -0.2) is 9.97 Å². The van der Waals surface area contributed by atoms with Crippen molar-refractivity contribution >= 4 is 23.2 Å². The van der Waals surface area contributed by atoms with Gasteiger partial charge in [-0.1, -0.05) is 0 Å². The molecule has 0 bridgehead atoms. The number of anilines is 3. The smallest absolute Gasteiger partial charge is 0.239 e. The number of carbonyl (C=O) groups excluding carboxylic acids is 1. The summed E-state index contributed by atoms with van der Waals surface area (Å²) in [6.07, 6.45) is 5.75. The van der Waals surface area contributed by atoms with E-state index in [1.54, 1.807) is 24.5 Å². The summed E-state index contributed by atoms with van der Waals surface area (Å²) in [5, 5.41) is 15.2. The highest BCUT2D eigenvalue weighted by molar-refractivity contribution is 5.82. The standard InChI is InChI=1S/C23H21N7O/c24-12-15-5-6-25-21(9-15)29-22-11-17(16-1-2-16)10-20(28-22)19-4-3-18(13-27-19)30-8-7-26-23(31)14-30/h3-6,9-11,13,16H,1-2,7-8,14H2,(H,26,31)(H,25,28,29). The van der Waals surface area contributed by atoms with Crippen molar-refractivity contribution in [3.8, 4) is 17.5 Å². The first kappa shape index (κ1) is 19.0. The van der Waals surface area contributed by atoms with E-state index in [1.807, 2.05) is 23.1 Å². The molecule has 3 aromatic heterocycles. The monoisotopic (exact) mass is 411 g/mol. The number of aromatic nitrogens is 3. The van der Waals surface area contributed by atoms with Crippen molar-refractivity contribution in [1.29, 1.82) is 5.26 Å². The van der Waals surface area contributed by atoms with Crippen LogP contribution in [0.2, 0.25) is 0 Å². The van der Waals surface area contributed by atoms with Crippen LogP contribution in [0.15, 0.2) is 48.8 Å². The van der Waals surface area contributed by atoms with E-state index in [-0.39, 0.29) is 5.91 Å².